The van der Waals surface area contributed by atoms with Gasteiger partial charge in [0.15, 0.2) is 5.82 Å². The van der Waals surface area contributed by atoms with Crippen LogP contribution in [-0.4, -0.2) is 28.8 Å². The first-order valence-electron chi connectivity index (χ1n) is 7.15. The standard InChI is InChI=1S/C16H12N4O2S2/c1-8-7-24-16-12(8)14(18-13(19-16)10-4-3-5-23-10)20(2)9-6-11(21)17-15(9)22/h3-7H,1-2H3,(H,17,21,22). The van der Waals surface area contributed by atoms with Crippen molar-refractivity contribution in [3.05, 3.63) is 40.2 Å². The predicted molar refractivity (Wildman–Crippen MR) is 95.1 cm³/mol. The molecule has 2 amide bonds. The average Bonchev–Trinajstić information content (AvgIpc) is 3.27. The van der Waals surface area contributed by atoms with E-state index in [1.165, 1.54) is 6.08 Å². The number of aromatic nitrogens is 2. The summed E-state index contributed by atoms with van der Waals surface area (Å²) >= 11 is 3.10. The minimum absolute atomic E-state index is 0.280. The van der Waals surface area contributed by atoms with Crippen molar-refractivity contribution in [3.63, 3.8) is 0 Å². The molecule has 0 bridgehead atoms. The molecule has 120 valence electrons. The van der Waals surface area contributed by atoms with Gasteiger partial charge in [0.2, 0.25) is 0 Å². The quantitative estimate of drug-likeness (QED) is 0.730. The van der Waals surface area contributed by atoms with Crippen LogP contribution in [0.3, 0.4) is 0 Å². The summed E-state index contributed by atoms with van der Waals surface area (Å²) in [6.07, 6.45) is 1.29. The molecule has 3 aromatic rings. The van der Waals surface area contributed by atoms with Gasteiger partial charge in [-0.25, -0.2) is 9.97 Å². The van der Waals surface area contributed by atoms with E-state index >= 15 is 0 Å². The third-order valence-corrected chi connectivity index (χ3v) is 5.61. The van der Waals surface area contributed by atoms with Crippen LogP contribution in [-0.2, 0) is 9.59 Å². The van der Waals surface area contributed by atoms with Crippen molar-refractivity contribution < 1.29 is 9.59 Å². The van der Waals surface area contributed by atoms with E-state index in [9.17, 15) is 9.59 Å². The van der Waals surface area contributed by atoms with E-state index in [4.69, 9.17) is 0 Å². The van der Waals surface area contributed by atoms with Crippen molar-refractivity contribution in [2.75, 3.05) is 11.9 Å². The summed E-state index contributed by atoms with van der Waals surface area (Å²) in [4.78, 5) is 36.3. The molecule has 0 aromatic carbocycles. The summed E-state index contributed by atoms with van der Waals surface area (Å²) < 4.78 is 0. The molecule has 4 rings (SSSR count). The molecule has 0 atom stereocenters. The van der Waals surface area contributed by atoms with Crippen molar-refractivity contribution in [1.82, 2.24) is 15.3 Å². The van der Waals surface area contributed by atoms with Gasteiger partial charge in [-0.05, 0) is 29.3 Å². The van der Waals surface area contributed by atoms with Gasteiger partial charge in [0.05, 0.1) is 10.3 Å². The van der Waals surface area contributed by atoms with Gasteiger partial charge in [0, 0.05) is 13.1 Å². The second-order valence-corrected chi connectivity index (χ2v) is 7.16. The normalized spacial score (nSPS) is 14.2. The molecule has 0 fully saturated rings. The summed E-state index contributed by atoms with van der Waals surface area (Å²) in [7, 11) is 1.74. The number of aryl methyl sites for hydroxylation is 1. The Morgan fingerprint density at radius 2 is 2.04 bits per heavy atom. The molecule has 0 spiro atoms. The van der Waals surface area contributed by atoms with Gasteiger partial charge < -0.3 is 4.90 Å². The van der Waals surface area contributed by atoms with Gasteiger partial charge in [0.1, 0.15) is 16.3 Å². The van der Waals surface area contributed by atoms with Crippen molar-refractivity contribution >= 4 is 50.5 Å². The maximum Gasteiger partial charge on any atom is 0.274 e. The second kappa shape index (κ2) is 5.50. The number of carbonyl (C=O) groups excluding carboxylic acids is 2. The molecule has 0 saturated carbocycles. The summed E-state index contributed by atoms with van der Waals surface area (Å²) in [6.45, 7) is 1.98. The fourth-order valence-corrected chi connectivity index (χ4v) is 4.16. The number of anilines is 1. The van der Waals surface area contributed by atoms with Crippen molar-refractivity contribution in [1.29, 1.82) is 0 Å². The van der Waals surface area contributed by atoms with E-state index in [2.05, 4.69) is 15.3 Å². The Balaban J connectivity index is 1.93. The number of hydrogen-bond acceptors (Lipinski definition) is 7. The van der Waals surface area contributed by atoms with E-state index < -0.39 is 11.8 Å². The molecule has 1 N–H and O–H groups in total. The fourth-order valence-electron chi connectivity index (χ4n) is 2.59. The SMILES string of the molecule is Cc1csc2nc(-c3cccs3)nc(N(C)C3=CC(=O)NC3=O)c12. The Hall–Kier alpha value is -2.58. The van der Waals surface area contributed by atoms with Gasteiger partial charge >= 0.3 is 0 Å². The van der Waals surface area contributed by atoms with Crippen LogP contribution in [0.5, 0.6) is 0 Å². The van der Waals surface area contributed by atoms with Crippen LogP contribution in [0.1, 0.15) is 5.56 Å². The van der Waals surface area contributed by atoms with Gasteiger partial charge in [-0.2, -0.15) is 0 Å². The van der Waals surface area contributed by atoms with Crippen LogP contribution >= 0.6 is 22.7 Å². The van der Waals surface area contributed by atoms with Crippen molar-refractivity contribution in [2.24, 2.45) is 0 Å². The number of rotatable bonds is 3. The van der Waals surface area contributed by atoms with Gasteiger partial charge in [-0.1, -0.05) is 6.07 Å². The lowest BCUT2D eigenvalue weighted by molar-refractivity contribution is -0.123. The van der Waals surface area contributed by atoms with E-state index in [1.54, 1.807) is 34.6 Å². The van der Waals surface area contributed by atoms with E-state index in [0.717, 1.165) is 20.7 Å². The highest BCUT2D eigenvalue weighted by Gasteiger charge is 2.27. The average molecular weight is 356 g/mol. The minimum atomic E-state index is -0.417. The number of hydrogen-bond donors (Lipinski definition) is 1. The summed E-state index contributed by atoms with van der Waals surface area (Å²) in [5.41, 5.74) is 1.32. The molecule has 1 aliphatic heterocycles. The number of fused-ring (bicyclic) bond motifs is 1. The molecule has 3 aromatic heterocycles. The lowest BCUT2D eigenvalue weighted by Gasteiger charge is -2.19. The van der Waals surface area contributed by atoms with Crippen LogP contribution < -0.4 is 10.2 Å². The molecular formula is C16H12N4O2S2. The molecule has 1 aliphatic rings. The van der Waals surface area contributed by atoms with Crippen LogP contribution in [0.15, 0.2) is 34.7 Å². The third kappa shape index (κ3) is 2.31. The lowest BCUT2D eigenvalue weighted by atomic mass is 10.2. The number of thiophene rings is 2. The Labute approximate surface area is 145 Å². The lowest BCUT2D eigenvalue weighted by Crippen LogP contribution is -2.29. The number of nitrogens with one attached hydrogen (secondary N) is 1. The zero-order chi connectivity index (χ0) is 16.8. The largest absolute Gasteiger partial charge is 0.324 e. The monoisotopic (exact) mass is 356 g/mol. The Kier molecular flexibility index (Phi) is 3.43. The number of likely N-dealkylation sites (N-methyl/N-ethyl adjacent to an activating group) is 1. The Morgan fingerprint density at radius 1 is 1.21 bits per heavy atom. The van der Waals surface area contributed by atoms with Crippen LogP contribution in [0, 0.1) is 6.92 Å². The third-order valence-electron chi connectivity index (χ3n) is 3.76. The van der Waals surface area contributed by atoms with Crippen molar-refractivity contribution in [2.45, 2.75) is 6.92 Å². The summed E-state index contributed by atoms with van der Waals surface area (Å²) in [6, 6.07) is 3.91. The molecule has 8 heteroatoms. The number of amides is 2. The second-order valence-electron chi connectivity index (χ2n) is 5.35. The summed E-state index contributed by atoms with van der Waals surface area (Å²) in [5.74, 6) is 0.414. The predicted octanol–water partition coefficient (Wildman–Crippen LogP) is 2.70. The van der Waals surface area contributed by atoms with Gasteiger partial charge in [0.25, 0.3) is 11.8 Å². The molecule has 0 saturated heterocycles. The number of nitrogens with zero attached hydrogens (tertiary/aromatic N) is 3. The topological polar surface area (TPSA) is 75.2 Å². The minimum Gasteiger partial charge on any atom is -0.324 e. The van der Waals surface area contributed by atoms with Crippen LogP contribution in [0.2, 0.25) is 0 Å². The fraction of sp³-hybridized carbons (Fsp3) is 0.125. The zero-order valence-corrected chi connectivity index (χ0v) is 14.5. The molecule has 0 unspecified atom stereocenters. The van der Waals surface area contributed by atoms with Crippen molar-refractivity contribution in [3.8, 4) is 10.7 Å². The number of imide groups is 1. The number of carbonyl (C=O) groups is 2. The molecular weight excluding hydrogens is 344 g/mol. The van der Waals surface area contributed by atoms with E-state index in [-0.39, 0.29) is 5.70 Å². The smallest absolute Gasteiger partial charge is 0.274 e. The summed E-state index contributed by atoms with van der Waals surface area (Å²) in [5, 5.41) is 7.15. The zero-order valence-electron chi connectivity index (χ0n) is 12.9. The molecule has 0 aliphatic carbocycles. The molecule has 4 heterocycles. The Bertz CT molecular complexity index is 1000. The van der Waals surface area contributed by atoms with Gasteiger partial charge in [-0.15, -0.1) is 22.7 Å². The van der Waals surface area contributed by atoms with E-state index in [0.29, 0.717) is 11.6 Å². The highest BCUT2D eigenvalue weighted by molar-refractivity contribution is 7.17. The van der Waals surface area contributed by atoms with Gasteiger partial charge in [-0.3, -0.25) is 14.9 Å². The highest BCUT2D eigenvalue weighted by atomic mass is 32.1. The molecule has 24 heavy (non-hydrogen) atoms. The first-order chi connectivity index (χ1) is 11.5. The van der Waals surface area contributed by atoms with E-state index in [1.807, 2.05) is 29.8 Å². The Morgan fingerprint density at radius 3 is 2.71 bits per heavy atom. The first kappa shape index (κ1) is 15.0. The maximum atomic E-state index is 12.0. The molecule has 0 radical (unpaired) electrons. The van der Waals surface area contributed by atoms with Crippen LogP contribution in [0.4, 0.5) is 5.82 Å². The molecule has 6 nitrogen and oxygen atoms in total. The van der Waals surface area contributed by atoms with Crippen LogP contribution in [0.25, 0.3) is 20.9 Å². The highest BCUT2D eigenvalue weighted by Crippen LogP contribution is 2.35. The first-order valence-corrected chi connectivity index (χ1v) is 8.91. The maximum absolute atomic E-state index is 12.0.